The van der Waals surface area contributed by atoms with Crippen LogP contribution < -0.4 is 0 Å². The Labute approximate surface area is 110 Å². The molecule has 1 unspecified atom stereocenters. The molecule has 1 atom stereocenters. The lowest BCUT2D eigenvalue weighted by Gasteiger charge is -2.07. The normalized spacial score (nSPS) is 13.1. The van der Waals surface area contributed by atoms with Crippen molar-refractivity contribution >= 4 is 57.5 Å². The van der Waals surface area contributed by atoms with E-state index < -0.39 is 6.10 Å². The number of rotatable bonds is 2. The van der Waals surface area contributed by atoms with Crippen LogP contribution in [0.1, 0.15) is 16.5 Å². The summed E-state index contributed by atoms with van der Waals surface area (Å²) in [6.45, 7) is 0. The Hall–Kier alpha value is 0.230. The summed E-state index contributed by atoms with van der Waals surface area (Å²) in [6, 6.07) is 3.40. The van der Waals surface area contributed by atoms with Crippen molar-refractivity contribution in [3.05, 3.63) is 41.6 Å². The fraction of sp³-hybridized carbons (Fsp3) is 0.111. The van der Waals surface area contributed by atoms with E-state index in [2.05, 4.69) is 0 Å². The van der Waals surface area contributed by atoms with Crippen LogP contribution in [-0.4, -0.2) is 5.11 Å². The smallest absolute Gasteiger partial charge is 0.117 e. The Kier molecular flexibility index (Phi) is 3.60. The van der Waals surface area contributed by atoms with Gasteiger partial charge in [0.15, 0.2) is 0 Å². The van der Waals surface area contributed by atoms with Gasteiger partial charge in [0.05, 0.1) is 14.2 Å². The Bertz CT molecular complexity index is 477. The molecule has 0 aliphatic heterocycles. The molecule has 1 nitrogen and oxygen atoms in total. The predicted octanol–water partition coefficient (Wildman–Crippen LogP) is 4.85. The fourth-order valence-electron chi connectivity index (χ4n) is 1.18. The molecule has 1 N–H and O–H groups in total. The van der Waals surface area contributed by atoms with Gasteiger partial charge in [0.1, 0.15) is 10.4 Å². The van der Waals surface area contributed by atoms with Crippen LogP contribution in [0.25, 0.3) is 0 Å². The van der Waals surface area contributed by atoms with Crippen molar-refractivity contribution < 1.29 is 5.11 Å². The van der Waals surface area contributed by atoms with Gasteiger partial charge in [-0.3, -0.25) is 0 Å². The van der Waals surface area contributed by atoms with Gasteiger partial charge < -0.3 is 5.11 Å². The highest BCUT2D eigenvalue weighted by Crippen LogP contribution is 2.40. The van der Waals surface area contributed by atoms with Crippen LogP contribution in [0.15, 0.2) is 17.5 Å². The maximum absolute atomic E-state index is 10.0. The van der Waals surface area contributed by atoms with Gasteiger partial charge in [-0.25, -0.2) is 0 Å². The van der Waals surface area contributed by atoms with Crippen molar-refractivity contribution in [2.45, 2.75) is 6.10 Å². The largest absolute Gasteiger partial charge is 0.383 e. The van der Waals surface area contributed by atoms with E-state index in [4.69, 9.17) is 34.8 Å². The van der Waals surface area contributed by atoms with Crippen molar-refractivity contribution in [3.63, 3.8) is 0 Å². The zero-order chi connectivity index (χ0) is 11.0. The monoisotopic (exact) mass is 298 g/mol. The first kappa shape index (κ1) is 11.7. The molecule has 0 amide bonds. The summed E-state index contributed by atoms with van der Waals surface area (Å²) < 4.78 is 1.05. The third-order valence-corrected chi connectivity index (χ3v) is 4.80. The second-order valence-corrected chi connectivity index (χ2v) is 6.46. The zero-order valence-corrected chi connectivity index (χ0v) is 11.1. The summed E-state index contributed by atoms with van der Waals surface area (Å²) in [4.78, 5) is 0.688. The van der Waals surface area contributed by atoms with E-state index in [0.717, 1.165) is 0 Å². The van der Waals surface area contributed by atoms with Crippen LogP contribution in [0, 0.1) is 0 Å². The molecule has 0 bridgehead atoms. The number of halogens is 3. The quantitative estimate of drug-likeness (QED) is 0.840. The maximum Gasteiger partial charge on any atom is 0.117 e. The minimum atomic E-state index is -0.797. The van der Waals surface area contributed by atoms with Crippen molar-refractivity contribution in [3.8, 4) is 0 Å². The zero-order valence-electron chi connectivity index (χ0n) is 7.21. The van der Waals surface area contributed by atoms with E-state index in [0.29, 0.717) is 24.1 Å². The van der Waals surface area contributed by atoms with Crippen LogP contribution in [0.4, 0.5) is 0 Å². The van der Waals surface area contributed by atoms with E-state index in [1.165, 1.54) is 22.7 Å². The number of aliphatic hydroxyl groups excluding tert-OH is 1. The summed E-state index contributed by atoms with van der Waals surface area (Å²) in [6.07, 6.45) is -0.797. The lowest BCUT2D eigenvalue weighted by Crippen LogP contribution is -1.96. The van der Waals surface area contributed by atoms with Gasteiger partial charge in [-0.2, -0.15) is 0 Å². The highest BCUT2D eigenvalue weighted by molar-refractivity contribution is 7.20. The van der Waals surface area contributed by atoms with Crippen LogP contribution >= 0.6 is 57.5 Å². The number of hydrogen-bond acceptors (Lipinski definition) is 3. The van der Waals surface area contributed by atoms with E-state index in [-0.39, 0.29) is 0 Å². The third-order valence-electron chi connectivity index (χ3n) is 1.87. The molecule has 15 heavy (non-hydrogen) atoms. The van der Waals surface area contributed by atoms with Crippen molar-refractivity contribution in [2.24, 2.45) is 0 Å². The average Bonchev–Trinajstić information content (AvgIpc) is 2.71. The summed E-state index contributed by atoms with van der Waals surface area (Å²) in [7, 11) is 0. The molecule has 80 valence electrons. The summed E-state index contributed by atoms with van der Waals surface area (Å²) in [5.74, 6) is 0. The van der Waals surface area contributed by atoms with Gasteiger partial charge in [0.2, 0.25) is 0 Å². The Morgan fingerprint density at radius 2 is 2.00 bits per heavy atom. The molecule has 0 aromatic carbocycles. The second-order valence-electron chi connectivity index (χ2n) is 2.81. The molecule has 2 heterocycles. The second kappa shape index (κ2) is 4.62. The molecule has 0 aliphatic carbocycles. The molecule has 0 fully saturated rings. The van der Waals surface area contributed by atoms with Crippen molar-refractivity contribution in [1.29, 1.82) is 0 Å². The number of hydrogen-bond donors (Lipinski definition) is 1. The Morgan fingerprint density at radius 3 is 2.47 bits per heavy atom. The lowest BCUT2D eigenvalue weighted by molar-refractivity contribution is 0.225. The van der Waals surface area contributed by atoms with Gasteiger partial charge >= 0.3 is 0 Å². The molecule has 0 saturated carbocycles. The van der Waals surface area contributed by atoms with Gasteiger partial charge in [0, 0.05) is 5.56 Å². The molecule has 0 saturated heterocycles. The van der Waals surface area contributed by atoms with E-state index in [9.17, 15) is 5.11 Å². The molecule has 2 rings (SSSR count). The number of thiophene rings is 2. The SMILES string of the molecule is OC(c1cc(Cl)sc1Cl)c1sccc1Cl. The standard InChI is InChI=1S/C9H5Cl3OS2/c10-5-1-2-14-8(5)7(13)4-3-6(11)15-9(4)12/h1-3,7,13H. The molecule has 0 radical (unpaired) electrons. The Balaban J connectivity index is 2.40. The molecular formula is C9H5Cl3OS2. The van der Waals surface area contributed by atoms with Gasteiger partial charge in [0.25, 0.3) is 0 Å². The fourth-order valence-corrected chi connectivity index (χ4v) is 3.86. The molecule has 0 spiro atoms. The summed E-state index contributed by atoms with van der Waals surface area (Å²) in [5.41, 5.74) is 0.607. The molecule has 2 aromatic rings. The van der Waals surface area contributed by atoms with Gasteiger partial charge in [-0.05, 0) is 17.5 Å². The van der Waals surface area contributed by atoms with E-state index in [1.54, 1.807) is 12.1 Å². The average molecular weight is 300 g/mol. The van der Waals surface area contributed by atoms with Crippen molar-refractivity contribution in [2.75, 3.05) is 0 Å². The van der Waals surface area contributed by atoms with Crippen LogP contribution in [-0.2, 0) is 0 Å². The van der Waals surface area contributed by atoms with Crippen molar-refractivity contribution in [1.82, 2.24) is 0 Å². The van der Waals surface area contributed by atoms with Crippen LogP contribution in [0.5, 0.6) is 0 Å². The predicted molar refractivity (Wildman–Crippen MR) is 67.7 cm³/mol. The minimum Gasteiger partial charge on any atom is -0.383 e. The first-order valence-corrected chi connectivity index (χ1v) is 6.78. The Morgan fingerprint density at radius 1 is 1.27 bits per heavy atom. The molecule has 2 aromatic heterocycles. The van der Waals surface area contributed by atoms with Gasteiger partial charge in [-0.15, -0.1) is 22.7 Å². The van der Waals surface area contributed by atoms with E-state index in [1.807, 2.05) is 5.38 Å². The lowest BCUT2D eigenvalue weighted by atomic mass is 10.2. The first-order valence-electron chi connectivity index (χ1n) is 3.95. The molecule has 0 aliphatic rings. The number of aliphatic hydroxyl groups is 1. The third kappa shape index (κ3) is 2.33. The highest BCUT2D eigenvalue weighted by Gasteiger charge is 2.20. The van der Waals surface area contributed by atoms with Crippen LogP contribution in [0.2, 0.25) is 13.7 Å². The molecular weight excluding hydrogens is 295 g/mol. The summed E-state index contributed by atoms with van der Waals surface area (Å²) in [5, 5.41) is 12.4. The minimum absolute atomic E-state index is 0.497. The molecule has 6 heteroatoms. The highest BCUT2D eigenvalue weighted by atomic mass is 35.5. The van der Waals surface area contributed by atoms with E-state index >= 15 is 0 Å². The summed E-state index contributed by atoms with van der Waals surface area (Å²) >= 11 is 20.3. The first-order chi connectivity index (χ1) is 7.09. The topological polar surface area (TPSA) is 20.2 Å². The van der Waals surface area contributed by atoms with Crippen LogP contribution in [0.3, 0.4) is 0 Å². The maximum atomic E-state index is 10.0. The van der Waals surface area contributed by atoms with Gasteiger partial charge in [-0.1, -0.05) is 34.8 Å².